The van der Waals surface area contributed by atoms with Gasteiger partial charge < -0.3 is 21.5 Å². The zero-order valence-corrected chi connectivity index (χ0v) is 14.6. The molecule has 5 N–H and O–H groups in total. The largest absolute Gasteiger partial charge is 4.00 e. The number of carbonyl (C=O) groups is 5. The van der Waals surface area contributed by atoms with Crippen molar-refractivity contribution in [3.8, 4) is 0 Å². The third kappa shape index (κ3) is 5.25. The molecule has 0 unspecified atom stereocenters. The van der Waals surface area contributed by atoms with Crippen LogP contribution in [0.1, 0.15) is 13.3 Å². The van der Waals surface area contributed by atoms with Gasteiger partial charge in [0.05, 0.1) is 12.5 Å². The summed E-state index contributed by atoms with van der Waals surface area (Å²) in [5.41, 5.74) is 5.35. The van der Waals surface area contributed by atoms with E-state index in [4.69, 9.17) is 10.8 Å². The van der Waals surface area contributed by atoms with Crippen LogP contribution in [0.3, 0.4) is 0 Å². The topological polar surface area (TPSA) is 159 Å². The average Bonchev–Trinajstić information content (AvgIpc) is 2.40. The Morgan fingerprint density at radius 3 is 2.55 bits per heavy atom. The summed E-state index contributed by atoms with van der Waals surface area (Å²) in [6, 6.07) is -2.41. The first kappa shape index (κ1) is 20.3. The predicted octanol–water partition coefficient (Wildman–Crippen LogP) is -3.60. The second-order valence-electron chi connectivity index (χ2n) is 4.49. The maximum Gasteiger partial charge on any atom is 4.00 e. The Morgan fingerprint density at radius 1 is 1.41 bits per heavy atom. The summed E-state index contributed by atoms with van der Waals surface area (Å²) >= 11 is 0. The molecule has 116 valence electrons. The molecule has 0 spiro atoms. The summed E-state index contributed by atoms with van der Waals surface area (Å²) in [5.74, 6) is -4.73. The maximum absolute atomic E-state index is 12.0. The van der Waals surface area contributed by atoms with Crippen molar-refractivity contribution in [1.82, 2.24) is 15.5 Å². The van der Waals surface area contributed by atoms with E-state index in [0.29, 0.717) is 0 Å². The van der Waals surface area contributed by atoms with E-state index in [1.807, 2.05) is 0 Å². The van der Waals surface area contributed by atoms with E-state index in [9.17, 15) is 24.0 Å². The van der Waals surface area contributed by atoms with Crippen molar-refractivity contribution in [1.29, 1.82) is 0 Å². The number of carbonyl (C=O) groups excluding carboxylic acids is 4. The number of nitrogens with zero attached hydrogens (tertiary/aromatic N) is 1. The maximum atomic E-state index is 12.0. The van der Waals surface area contributed by atoms with Gasteiger partial charge in [-0.3, -0.25) is 28.9 Å². The number of rotatable bonds is 5. The zero-order chi connectivity index (χ0) is 16.2. The van der Waals surface area contributed by atoms with Gasteiger partial charge in [0.1, 0.15) is 6.04 Å². The van der Waals surface area contributed by atoms with Crippen molar-refractivity contribution < 1.29 is 29.1 Å². The van der Waals surface area contributed by atoms with Crippen LogP contribution < -0.4 is 16.4 Å². The quantitative estimate of drug-likeness (QED) is 0.265. The van der Waals surface area contributed by atoms with Crippen LogP contribution in [0.2, 0.25) is 0 Å². The molecule has 0 aromatic carbocycles. The molecule has 10 nitrogen and oxygen atoms in total. The van der Waals surface area contributed by atoms with E-state index in [1.165, 1.54) is 6.92 Å². The van der Waals surface area contributed by atoms with Crippen LogP contribution in [-0.4, -0.2) is 88.7 Å². The predicted molar refractivity (Wildman–Crippen MR) is 73.3 cm³/mol. The Balaban J connectivity index is 0.00000441. The minimum absolute atomic E-state index is 0. The van der Waals surface area contributed by atoms with Crippen molar-refractivity contribution in [3.05, 3.63) is 0 Å². The molecule has 1 aliphatic heterocycles. The Kier molecular flexibility index (Phi) is 8.01. The van der Waals surface area contributed by atoms with E-state index in [-0.39, 0.29) is 37.0 Å². The van der Waals surface area contributed by atoms with Crippen molar-refractivity contribution in [2.75, 3.05) is 13.1 Å². The SMILES string of the molecule is C[C@H](NC(=O)[C@@H](N)CC(=O)O)C(=O)N1CCNC(=O)C1=O.[Sn+4]. The Hall–Kier alpha value is -1.69. The Morgan fingerprint density at radius 2 is 2.00 bits per heavy atom. The average molecular weight is 419 g/mol. The molecule has 0 aliphatic carbocycles. The van der Waals surface area contributed by atoms with Crippen LogP contribution in [0.15, 0.2) is 0 Å². The molecule has 2 atom stereocenters. The summed E-state index contributed by atoms with van der Waals surface area (Å²) in [7, 11) is 0. The molecule has 1 rings (SSSR count). The molecule has 1 heterocycles. The van der Waals surface area contributed by atoms with Gasteiger partial charge in [0.2, 0.25) is 5.91 Å². The van der Waals surface area contributed by atoms with Gasteiger partial charge in [-0.25, -0.2) is 0 Å². The Bertz CT molecular complexity index is 497. The molecule has 11 heteroatoms. The summed E-state index contributed by atoms with van der Waals surface area (Å²) in [6.45, 7) is 1.45. The summed E-state index contributed by atoms with van der Waals surface area (Å²) in [4.78, 5) is 57.4. The van der Waals surface area contributed by atoms with E-state index < -0.39 is 48.1 Å². The van der Waals surface area contributed by atoms with Crippen LogP contribution in [0, 0.1) is 0 Å². The number of aliphatic carboxylic acids is 1. The fourth-order valence-electron chi connectivity index (χ4n) is 1.69. The second-order valence-corrected chi connectivity index (χ2v) is 4.49. The number of hydrogen-bond acceptors (Lipinski definition) is 6. The summed E-state index contributed by atoms with van der Waals surface area (Å²) in [6.07, 6.45) is -0.586. The van der Waals surface area contributed by atoms with Gasteiger partial charge in [-0.15, -0.1) is 0 Å². The number of hydrogen-bond donors (Lipinski definition) is 4. The minimum atomic E-state index is -1.31. The molecule has 1 saturated heterocycles. The zero-order valence-electron chi connectivity index (χ0n) is 11.8. The number of piperazine rings is 1. The van der Waals surface area contributed by atoms with Crippen LogP contribution in [0.5, 0.6) is 0 Å². The smallest absolute Gasteiger partial charge is 0.481 e. The third-order valence-electron chi connectivity index (χ3n) is 2.79. The monoisotopic (exact) mass is 420 g/mol. The van der Waals surface area contributed by atoms with Crippen molar-refractivity contribution in [2.24, 2.45) is 5.73 Å². The minimum Gasteiger partial charge on any atom is -0.481 e. The van der Waals surface area contributed by atoms with E-state index >= 15 is 0 Å². The first-order chi connectivity index (χ1) is 9.73. The number of amides is 4. The fraction of sp³-hybridized carbons (Fsp3) is 0.545. The van der Waals surface area contributed by atoms with Gasteiger partial charge in [-0.2, -0.15) is 0 Å². The molecule has 22 heavy (non-hydrogen) atoms. The number of carboxylic acids is 1. The molecular weight excluding hydrogens is 403 g/mol. The van der Waals surface area contributed by atoms with Crippen molar-refractivity contribution >= 4 is 53.5 Å². The third-order valence-corrected chi connectivity index (χ3v) is 2.79. The van der Waals surface area contributed by atoms with Gasteiger partial charge in [-0.05, 0) is 6.92 Å². The fourth-order valence-corrected chi connectivity index (χ4v) is 1.69. The first-order valence-corrected chi connectivity index (χ1v) is 6.15. The Labute approximate surface area is 142 Å². The molecule has 0 aromatic rings. The van der Waals surface area contributed by atoms with Crippen LogP contribution in [0.4, 0.5) is 0 Å². The van der Waals surface area contributed by atoms with Gasteiger partial charge in [0.15, 0.2) is 0 Å². The van der Waals surface area contributed by atoms with Crippen LogP contribution >= 0.6 is 0 Å². The molecular formula is C11H16N4O6Sn+4. The van der Waals surface area contributed by atoms with E-state index in [0.717, 1.165) is 4.90 Å². The molecule has 0 aromatic heterocycles. The summed E-state index contributed by atoms with van der Waals surface area (Å²) in [5, 5.41) is 13.0. The van der Waals surface area contributed by atoms with Crippen molar-refractivity contribution in [3.63, 3.8) is 0 Å². The molecule has 0 radical (unpaired) electrons. The number of nitrogens with one attached hydrogen (secondary N) is 2. The normalized spacial score (nSPS) is 16.9. The number of imide groups is 1. The van der Waals surface area contributed by atoms with Gasteiger partial charge in [0.25, 0.3) is 5.91 Å². The molecule has 1 aliphatic rings. The number of nitrogens with two attached hydrogens (primary N) is 1. The van der Waals surface area contributed by atoms with Gasteiger partial charge >= 0.3 is 41.7 Å². The van der Waals surface area contributed by atoms with E-state index in [2.05, 4.69) is 10.6 Å². The molecule has 4 amide bonds. The van der Waals surface area contributed by atoms with Crippen LogP contribution in [-0.2, 0) is 24.0 Å². The molecule has 0 saturated carbocycles. The molecule has 0 bridgehead atoms. The molecule has 1 fully saturated rings. The first-order valence-electron chi connectivity index (χ1n) is 6.15. The second kappa shape index (κ2) is 8.68. The number of carboxylic acid groups (broad SMARTS) is 1. The summed E-state index contributed by atoms with van der Waals surface area (Å²) < 4.78 is 0. The van der Waals surface area contributed by atoms with Crippen molar-refractivity contribution in [2.45, 2.75) is 25.4 Å². The standard InChI is InChI=1S/C11H16N4O6.Sn/c1-5(14-8(18)6(12)4-7(16)17)10(20)15-3-2-13-9(19)11(15)21;/h5-6H,2-4,12H2,1H3,(H,13,19)(H,14,18)(H,16,17);/q;+4/t5-,6-;/m0./s1. The van der Waals surface area contributed by atoms with Gasteiger partial charge in [0, 0.05) is 13.1 Å². The van der Waals surface area contributed by atoms with E-state index in [1.54, 1.807) is 0 Å². The van der Waals surface area contributed by atoms with Gasteiger partial charge in [-0.1, -0.05) is 0 Å². The van der Waals surface area contributed by atoms with Crippen LogP contribution in [0.25, 0.3) is 0 Å².